The molecule has 0 aromatic heterocycles. The minimum absolute atomic E-state index is 0.689. The molecule has 0 atom stereocenters. The van der Waals surface area contributed by atoms with Crippen LogP contribution in [0, 0.1) is 0 Å². The maximum Gasteiger partial charge on any atom is 0.394 e. The molecule has 0 saturated heterocycles. The highest BCUT2D eigenvalue weighted by molar-refractivity contribution is 7.79. The predicted molar refractivity (Wildman–Crippen MR) is 75.7 cm³/mol. The molecule has 2 rings (SSSR count). The standard InChI is InChI=1S/C13H11NO.H2O4S/c15-10-11-6-8-13(9-7-11)14-12-4-2-1-3-5-12;1-5(2,3)4/h1-10,14H;(H2,1,2,3,4). The van der Waals surface area contributed by atoms with E-state index in [4.69, 9.17) is 17.5 Å². The van der Waals surface area contributed by atoms with Crippen molar-refractivity contribution in [3.8, 4) is 0 Å². The quantitative estimate of drug-likeness (QED) is 0.594. The number of para-hydroxylation sites is 1. The van der Waals surface area contributed by atoms with Gasteiger partial charge in [-0.05, 0) is 36.4 Å². The van der Waals surface area contributed by atoms with Gasteiger partial charge in [-0.15, -0.1) is 0 Å². The molecule has 3 N–H and O–H groups in total. The van der Waals surface area contributed by atoms with E-state index in [9.17, 15) is 4.79 Å². The van der Waals surface area contributed by atoms with E-state index in [0.717, 1.165) is 17.7 Å². The third-order valence-electron chi connectivity index (χ3n) is 2.11. The van der Waals surface area contributed by atoms with Gasteiger partial charge >= 0.3 is 10.4 Å². The normalized spacial score (nSPS) is 10.1. The van der Waals surface area contributed by atoms with Crippen LogP contribution in [0.3, 0.4) is 0 Å². The lowest BCUT2D eigenvalue weighted by Gasteiger charge is -2.05. The summed E-state index contributed by atoms with van der Waals surface area (Å²) in [5.41, 5.74) is 2.71. The third kappa shape index (κ3) is 7.27. The molecule has 0 heterocycles. The fourth-order valence-electron chi connectivity index (χ4n) is 1.33. The van der Waals surface area contributed by atoms with Crippen molar-refractivity contribution in [2.75, 3.05) is 5.32 Å². The summed E-state index contributed by atoms with van der Waals surface area (Å²) in [4.78, 5) is 10.5. The van der Waals surface area contributed by atoms with Crippen LogP contribution in [0.2, 0.25) is 0 Å². The van der Waals surface area contributed by atoms with E-state index in [1.807, 2.05) is 42.5 Å². The number of anilines is 2. The molecule has 6 nitrogen and oxygen atoms in total. The first-order valence-electron chi connectivity index (χ1n) is 5.45. The minimum Gasteiger partial charge on any atom is -0.356 e. The van der Waals surface area contributed by atoms with E-state index >= 15 is 0 Å². The fourth-order valence-corrected chi connectivity index (χ4v) is 1.33. The van der Waals surface area contributed by atoms with E-state index in [-0.39, 0.29) is 0 Å². The lowest BCUT2D eigenvalue weighted by molar-refractivity contribution is 0.112. The maximum atomic E-state index is 10.5. The second-order valence-electron chi connectivity index (χ2n) is 3.68. The van der Waals surface area contributed by atoms with Crippen molar-refractivity contribution in [3.63, 3.8) is 0 Å². The highest BCUT2D eigenvalue weighted by Crippen LogP contribution is 2.15. The Balaban J connectivity index is 0.000000347. The second kappa shape index (κ2) is 7.39. The van der Waals surface area contributed by atoms with Gasteiger partial charge in [-0.25, -0.2) is 0 Å². The van der Waals surface area contributed by atoms with Gasteiger partial charge in [-0.2, -0.15) is 8.42 Å². The maximum absolute atomic E-state index is 10.5. The van der Waals surface area contributed by atoms with Crippen molar-refractivity contribution in [3.05, 3.63) is 60.2 Å². The van der Waals surface area contributed by atoms with Gasteiger partial charge < -0.3 is 5.32 Å². The zero-order chi connectivity index (χ0) is 15.0. The van der Waals surface area contributed by atoms with Crippen LogP contribution in [0.4, 0.5) is 11.4 Å². The Hall–Kier alpha value is -2.22. The summed E-state index contributed by atoms with van der Waals surface area (Å²) in [5, 5.41) is 3.24. The molecule has 0 aliphatic carbocycles. The first-order valence-corrected chi connectivity index (χ1v) is 6.85. The van der Waals surface area contributed by atoms with Crippen molar-refractivity contribution in [1.29, 1.82) is 0 Å². The average molecular weight is 295 g/mol. The Morgan fingerprint density at radius 1 is 0.850 bits per heavy atom. The lowest BCUT2D eigenvalue weighted by atomic mass is 10.2. The van der Waals surface area contributed by atoms with Crippen LogP contribution in [0.25, 0.3) is 0 Å². The van der Waals surface area contributed by atoms with Crippen LogP contribution >= 0.6 is 0 Å². The molecule has 0 aliphatic heterocycles. The van der Waals surface area contributed by atoms with Crippen molar-refractivity contribution >= 4 is 28.1 Å². The number of benzene rings is 2. The SMILES string of the molecule is O=Cc1ccc(Nc2ccccc2)cc1.O=S(=O)(O)O. The molecule has 0 aliphatic rings. The molecule has 0 radical (unpaired) electrons. The molecule has 106 valence electrons. The second-order valence-corrected chi connectivity index (χ2v) is 4.57. The molecule has 0 saturated carbocycles. The Morgan fingerprint density at radius 3 is 1.75 bits per heavy atom. The summed E-state index contributed by atoms with van der Waals surface area (Å²) >= 11 is 0. The monoisotopic (exact) mass is 295 g/mol. The number of aldehydes is 1. The first kappa shape index (κ1) is 15.8. The smallest absolute Gasteiger partial charge is 0.356 e. The lowest BCUT2D eigenvalue weighted by Crippen LogP contribution is -1.89. The van der Waals surface area contributed by atoms with Gasteiger partial charge in [0.05, 0.1) is 0 Å². The van der Waals surface area contributed by atoms with Crippen molar-refractivity contribution in [2.24, 2.45) is 0 Å². The molecule has 0 fully saturated rings. The zero-order valence-electron chi connectivity index (χ0n) is 10.3. The molecule has 2 aromatic carbocycles. The van der Waals surface area contributed by atoms with E-state index in [2.05, 4.69) is 5.32 Å². The fraction of sp³-hybridized carbons (Fsp3) is 0. The van der Waals surface area contributed by atoms with Gasteiger partial charge in [-0.3, -0.25) is 13.9 Å². The van der Waals surface area contributed by atoms with E-state index in [0.29, 0.717) is 5.56 Å². The largest absolute Gasteiger partial charge is 0.394 e. The topological polar surface area (TPSA) is 104 Å². The number of carbonyl (C=O) groups is 1. The van der Waals surface area contributed by atoms with Crippen molar-refractivity contribution in [2.45, 2.75) is 0 Å². The van der Waals surface area contributed by atoms with Crippen molar-refractivity contribution in [1.82, 2.24) is 0 Å². The predicted octanol–water partition coefficient (Wildman–Crippen LogP) is 2.59. The number of carbonyl (C=O) groups excluding carboxylic acids is 1. The highest BCUT2D eigenvalue weighted by Gasteiger charge is 1.93. The van der Waals surface area contributed by atoms with E-state index in [1.165, 1.54) is 0 Å². The number of rotatable bonds is 3. The molecule has 0 spiro atoms. The van der Waals surface area contributed by atoms with Gasteiger partial charge in [0.1, 0.15) is 6.29 Å². The first-order chi connectivity index (χ1) is 9.38. The van der Waals surface area contributed by atoms with E-state index in [1.54, 1.807) is 12.1 Å². The Morgan fingerprint density at radius 2 is 1.30 bits per heavy atom. The van der Waals surface area contributed by atoms with Gasteiger partial charge in [0, 0.05) is 16.9 Å². The summed E-state index contributed by atoms with van der Waals surface area (Å²) < 4.78 is 31.6. The van der Waals surface area contributed by atoms with Gasteiger partial charge in [0.15, 0.2) is 0 Å². The van der Waals surface area contributed by atoms with Crippen molar-refractivity contribution < 1.29 is 22.3 Å². The molecule has 0 bridgehead atoms. The molecular weight excluding hydrogens is 282 g/mol. The summed E-state index contributed by atoms with van der Waals surface area (Å²) in [7, 11) is -4.67. The van der Waals surface area contributed by atoms with Crippen LogP contribution in [0.5, 0.6) is 0 Å². The molecule has 20 heavy (non-hydrogen) atoms. The van der Waals surface area contributed by atoms with Crippen LogP contribution in [0.1, 0.15) is 10.4 Å². The van der Waals surface area contributed by atoms with Crippen LogP contribution in [-0.2, 0) is 10.4 Å². The molecule has 0 amide bonds. The number of hydrogen-bond donors (Lipinski definition) is 3. The average Bonchev–Trinajstić information content (AvgIpc) is 2.39. The van der Waals surface area contributed by atoms with Crippen LogP contribution in [-0.4, -0.2) is 23.8 Å². The summed E-state index contributed by atoms with van der Waals surface area (Å²) in [6.45, 7) is 0. The number of nitrogens with one attached hydrogen (secondary N) is 1. The Kier molecular flexibility index (Phi) is 5.85. The molecule has 2 aromatic rings. The summed E-state index contributed by atoms with van der Waals surface area (Å²) in [6.07, 6.45) is 0.840. The molecular formula is C13H13NO5S. The van der Waals surface area contributed by atoms with Crippen LogP contribution < -0.4 is 5.32 Å². The summed E-state index contributed by atoms with van der Waals surface area (Å²) in [5.74, 6) is 0. The van der Waals surface area contributed by atoms with Gasteiger partial charge in [-0.1, -0.05) is 18.2 Å². The Bertz CT molecular complexity index is 630. The Labute approximate surface area is 116 Å². The minimum atomic E-state index is -4.67. The highest BCUT2D eigenvalue weighted by atomic mass is 32.3. The van der Waals surface area contributed by atoms with E-state index < -0.39 is 10.4 Å². The molecule has 0 unspecified atom stereocenters. The van der Waals surface area contributed by atoms with Crippen LogP contribution in [0.15, 0.2) is 54.6 Å². The zero-order valence-corrected chi connectivity index (χ0v) is 11.1. The summed E-state index contributed by atoms with van der Waals surface area (Å²) in [6, 6.07) is 17.3. The third-order valence-corrected chi connectivity index (χ3v) is 2.11. The number of hydrogen-bond acceptors (Lipinski definition) is 4. The molecule has 7 heteroatoms. The van der Waals surface area contributed by atoms with Gasteiger partial charge in [0.2, 0.25) is 0 Å². The van der Waals surface area contributed by atoms with Gasteiger partial charge in [0.25, 0.3) is 0 Å².